The van der Waals surface area contributed by atoms with Gasteiger partial charge in [0.05, 0.1) is 12.3 Å². The quantitative estimate of drug-likeness (QED) is 0.483. The summed E-state index contributed by atoms with van der Waals surface area (Å²) in [4.78, 5) is 27.1. The lowest BCUT2D eigenvalue weighted by molar-refractivity contribution is -0.422. The molecule has 0 spiro atoms. The molecule has 3 aliphatic rings. The fourth-order valence-electron chi connectivity index (χ4n) is 3.49. The molecule has 2 aliphatic carbocycles. The number of amides is 3. The lowest BCUT2D eigenvalue weighted by Gasteiger charge is -2.25. The van der Waals surface area contributed by atoms with Crippen LogP contribution in [0.3, 0.4) is 0 Å². The van der Waals surface area contributed by atoms with Gasteiger partial charge in [0.25, 0.3) is 0 Å². The van der Waals surface area contributed by atoms with Gasteiger partial charge in [-0.2, -0.15) is 29.4 Å². The van der Waals surface area contributed by atoms with Crippen LogP contribution in [0, 0.1) is 23.7 Å². The van der Waals surface area contributed by atoms with Crippen molar-refractivity contribution in [1.82, 2.24) is 19.4 Å². The van der Waals surface area contributed by atoms with E-state index in [2.05, 4.69) is 15.7 Å². The van der Waals surface area contributed by atoms with Crippen molar-refractivity contribution >= 4 is 27.7 Å². The van der Waals surface area contributed by atoms with Crippen LogP contribution in [-0.4, -0.2) is 62.7 Å². The number of aromatic nitrogens is 2. The maximum atomic E-state index is 13.2. The number of carbonyl (C=O) groups is 2. The van der Waals surface area contributed by atoms with E-state index in [0.29, 0.717) is 18.4 Å². The Morgan fingerprint density at radius 3 is 2.74 bits per heavy atom. The average Bonchev–Trinajstić information content (AvgIpc) is 3.38. The minimum atomic E-state index is -3.96. The number of fused-ring (bicyclic) bond motifs is 1. The van der Waals surface area contributed by atoms with Crippen molar-refractivity contribution in [1.29, 1.82) is 5.26 Å². The van der Waals surface area contributed by atoms with Gasteiger partial charge in [-0.3, -0.25) is 4.68 Å². The molecule has 158 valence electrons. The summed E-state index contributed by atoms with van der Waals surface area (Å²) in [6.45, 7) is -0.117. The molecule has 1 saturated carbocycles. The van der Waals surface area contributed by atoms with Crippen LogP contribution in [0.15, 0.2) is 36.2 Å². The number of rotatable bonds is 6. The lowest BCUT2D eigenvalue weighted by atomic mass is 9.99. The molecular formula is C20H19N6O4S+. The van der Waals surface area contributed by atoms with Gasteiger partial charge in [-0.05, 0) is 25.0 Å². The number of carbonyl (C=O) groups excluding carboxylic acids is 2. The molecule has 1 N–H and O–H groups in total. The Hall–Kier alpha value is -3.54. The third kappa shape index (κ3) is 3.69. The van der Waals surface area contributed by atoms with Gasteiger partial charge in [0.2, 0.25) is 10.0 Å². The molecule has 0 bridgehead atoms. The first-order valence-corrected chi connectivity index (χ1v) is 11.0. The number of nitrogens with one attached hydrogen (secondary N) is 1. The number of aryl methyl sites for hydroxylation is 1. The Balaban J connectivity index is 1.71. The van der Waals surface area contributed by atoms with Crippen molar-refractivity contribution in [2.45, 2.75) is 30.2 Å². The summed E-state index contributed by atoms with van der Waals surface area (Å²) in [5, 5.41) is 12.1. The molecule has 2 heterocycles. The van der Waals surface area contributed by atoms with Gasteiger partial charge in [0.1, 0.15) is 28.6 Å². The second-order valence-electron chi connectivity index (χ2n) is 7.62. The highest BCUT2D eigenvalue weighted by Gasteiger charge is 2.49. The Labute approximate surface area is 179 Å². The van der Waals surface area contributed by atoms with Crippen molar-refractivity contribution < 1.29 is 22.6 Å². The highest BCUT2D eigenvalue weighted by atomic mass is 32.2. The van der Waals surface area contributed by atoms with Gasteiger partial charge < -0.3 is 0 Å². The summed E-state index contributed by atoms with van der Waals surface area (Å²) < 4.78 is 30.9. The number of nitrogens with zero attached hydrogens (tertiary/aromatic N) is 5. The second-order valence-corrected chi connectivity index (χ2v) is 9.46. The van der Waals surface area contributed by atoms with Crippen LogP contribution in [0.2, 0.25) is 0 Å². The Morgan fingerprint density at radius 1 is 1.42 bits per heavy atom. The first kappa shape index (κ1) is 20.7. The number of allylic oxidation sites excluding steroid dienone is 1. The van der Waals surface area contributed by atoms with E-state index >= 15 is 0 Å². The molecule has 0 aromatic carbocycles. The van der Waals surface area contributed by atoms with Gasteiger partial charge in [-0.15, -0.1) is 6.42 Å². The second kappa shape index (κ2) is 7.30. The maximum absolute atomic E-state index is 13.2. The topological polar surface area (TPSA) is 128 Å². The lowest BCUT2D eigenvalue weighted by Crippen LogP contribution is -2.52. The van der Waals surface area contributed by atoms with Crippen LogP contribution in [0.25, 0.3) is 0 Å². The van der Waals surface area contributed by atoms with Crippen molar-refractivity contribution in [3.8, 4) is 18.4 Å². The van der Waals surface area contributed by atoms with E-state index in [9.17, 15) is 23.3 Å². The Bertz CT molecular complexity index is 1270. The summed E-state index contributed by atoms with van der Waals surface area (Å²) in [5.41, 5.74) is -0.124. The number of nitriles is 1. The normalized spacial score (nSPS) is 22.0. The predicted molar refractivity (Wildman–Crippen MR) is 109 cm³/mol. The molecule has 1 unspecified atom stereocenters. The molecule has 31 heavy (non-hydrogen) atoms. The number of terminal acetylenes is 1. The molecule has 0 saturated heterocycles. The molecule has 1 aromatic rings. The molecule has 11 heteroatoms. The largest absolute Gasteiger partial charge is 0.502 e. The van der Waals surface area contributed by atoms with E-state index in [1.54, 1.807) is 17.9 Å². The van der Waals surface area contributed by atoms with Crippen LogP contribution < -0.4 is 4.72 Å². The zero-order chi connectivity index (χ0) is 22.4. The Morgan fingerprint density at radius 2 is 2.16 bits per heavy atom. The SMILES string of the molecule is C#CC[N+]1=C2C=CC(S(=O)(=O)NC3(C#N)CC3)C=C2C(=O)N(Cc2cnn(C)c2)C1=O. The summed E-state index contributed by atoms with van der Waals surface area (Å²) in [6, 6.07) is 1.39. The third-order valence-corrected chi connectivity index (χ3v) is 6.97. The van der Waals surface area contributed by atoms with Crippen LogP contribution in [-0.2, 0) is 28.4 Å². The van der Waals surface area contributed by atoms with Crippen LogP contribution >= 0.6 is 0 Å². The monoisotopic (exact) mass is 439 g/mol. The molecule has 1 aliphatic heterocycles. The van der Waals surface area contributed by atoms with E-state index in [0.717, 1.165) is 4.90 Å². The molecule has 1 aromatic heterocycles. The fraction of sp³-hybridized carbons (Fsp3) is 0.350. The van der Waals surface area contributed by atoms with Crippen LogP contribution in [0.4, 0.5) is 4.79 Å². The highest BCUT2D eigenvalue weighted by molar-refractivity contribution is 7.90. The zero-order valence-corrected chi connectivity index (χ0v) is 17.5. The van der Waals surface area contributed by atoms with Crippen LogP contribution in [0.1, 0.15) is 18.4 Å². The van der Waals surface area contributed by atoms with E-state index < -0.39 is 32.8 Å². The number of imide groups is 1. The zero-order valence-electron chi connectivity index (χ0n) is 16.6. The van der Waals surface area contributed by atoms with E-state index in [4.69, 9.17) is 6.42 Å². The summed E-state index contributed by atoms with van der Waals surface area (Å²) in [7, 11) is -2.24. The average molecular weight is 439 g/mol. The number of urea groups is 1. The molecule has 3 amide bonds. The minimum Gasteiger partial charge on any atom is -0.275 e. The smallest absolute Gasteiger partial charge is 0.275 e. The molecular weight excluding hydrogens is 420 g/mol. The summed E-state index contributed by atoms with van der Waals surface area (Å²) >= 11 is 0. The fourth-order valence-corrected chi connectivity index (χ4v) is 5.02. The minimum absolute atomic E-state index is 0.0336. The van der Waals surface area contributed by atoms with E-state index in [1.165, 1.54) is 29.0 Å². The standard InChI is InChI=1S/C20H19N6O4S/c1-3-8-25-17-5-4-15(31(29,30)23-20(13-21)6-7-20)9-16(17)18(27)26(19(25)28)12-14-10-22-24(2)11-14/h1,4-5,9-11,15,23H,6-8,12H2,2H3/q+1. The number of hydrogen-bond acceptors (Lipinski definition) is 6. The van der Waals surface area contributed by atoms with Crippen molar-refractivity contribution in [3.63, 3.8) is 0 Å². The van der Waals surface area contributed by atoms with E-state index in [1.807, 2.05) is 6.07 Å². The summed E-state index contributed by atoms with van der Waals surface area (Å²) in [5.74, 6) is 1.77. The molecule has 4 rings (SSSR count). The highest BCUT2D eigenvalue weighted by Crippen LogP contribution is 2.36. The van der Waals surface area contributed by atoms with Crippen molar-refractivity contribution in [3.05, 3.63) is 41.8 Å². The van der Waals surface area contributed by atoms with Gasteiger partial charge in [-0.25, -0.2) is 13.2 Å². The summed E-state index contributed by atoms with van der Waals surface area (Å²) in [6.07, 6.45) is 13.6. The van der Waals surface area contributed by atoms with Gasteiger partial charge in [-0.1, -0.05) is 12.0 Å². The van der Waals surface area contributed by atoms with Gasteiger partial charge >= 0.3 is 11.9 Å². The Kier molecular flexibility index (Phi) is 4.88. The predicted octanol–water partition coefficient (Wildman–Crippen LogP) is -0.191. The van der Waals surface area contributed by atoms with Crippen molar-refractivity contribution in [2.75, 3.05) is 6.54 Å². The van der Waals surface area contributed by atoms with Crippen molar-refractivity contribution in [2.24, 2.45) is 7.05 Å². The van der Waals surface area contributed by atoms with Gasteiger partial charge in [0.15, 0.2) is 6.54 Å². The molecule has 0 radical (unpaired) electrons. The first-order valence-electron chi connectivity index (χ1n) is 9.45. The molecule has 10 nitrogen and oxygen atoms in total. The van der Waals surface area contributed by atoms with Crippen LogP contribution in [0.5, 0.6) is 0 Å². The first-order chi connectivity index (χ1) is 14.7. The van der Waals surface area contributed by atoms with E-state index in [-0.39, 0.29) is 24.4 Å². The maximum Gasteiger partial charge on any atom is 0.502 e. The number of hydrogen-bond donors (Lipinski definition) is 1. The molecule has 1 atom stereocenters. The molecule has 1 fully saturated rings. The third-order valence-electron chi connectivity index (χ3n) is 5.29. The number of sulfonamides is 1. The van der Waals surface area contributed by atoms with Gasteiger partial charge in [0, 0.05) is 18.8 Å².